The Morgan fingerprint density at radius 3 is 2.64 bits per heavy atom. The zero-order valence-electron chi connectivity index (χ0n) is 9.11. The van der Waals surface area contributed by atoms with Crippen LogP contribution in [0.15, 0.2) is 48.1 Å². The Labute approximate surface area is 87.1 Å². The van der Waals surface area contributed by atoms with E-state index in [9.17, 15) is 0 Å². The minimum absolute atomic E-state index is 1.08. The molecule has 0 aliphatic carbocycles. The molecule has 0 saturated heterocycles. The van der Waals surface area contributed by atoms with Gasteiger partial charge in [-0.1, -0.05) is 42.5 Å². The maximum atomic E-state index is 2.33. The third-order valence-electron chi connectivity index (χ3n) is 2.28. The molecule has 0 atom stereocenters. The molecule has 0 radical (unpaired) electrons. The summed E-state index contributed by atoms with van der Waals surface area (Å²) in [4.78, 5) is 2.33. The summed E-state index contributed by atoms with van der Waals surface area (Å²) in [6.07, 6.45) is 16.0. The zero-order chi connectivity index (χ0) is 10.2. The Hall–Kier alpha value is -1.08. The van der Waals surface area contributed by atoms with E-state index in [2.05, 4.69) is 36.3 Å². The van der Waals surface area contributed by atoms with Crippen molar-refractivity contribution < 1.29 is 0 Å². The van der Waals surface area contributed by atoms with E-state index >= 15 is 0 Å². The molecule has 1 aliphatic heterocycles. The van der Waals surface area contributed by atoms with Gasteiger partial charge in [0, 0.05) is 13.1 Å². The van der Waals surface area contributed by atoms with Gasteiger partial charge >= 0.3 is 0 Å². The summed E-state index contributed by atoms with van der Waals surface area (Å²) in [6, 6.07) is 0. The predicted molar refractivity (Wildman–Crippen MR) is 63.3 cm³/mol. The molecule has 14 heavy (non-hydrogen) atoms. The van der Waals surface area contributed by atoms with Crippen molar-refractivity contribution in [2.45, 2.75) is 13.3 Å². The molecule has 0 fully saturated rings. The lowest BCUT2D eigenvalue weighted by atomic mass is 10.1. The minimum Gasteiger partial charge on any atom is -0.302 e. The van der Waals surface area contributed by atoms with Gasteiger partial charge in [0.25, 0.3) is 0 Å². The monoisotopic (exact) mass is 189 g/mol. The molecular weight excluding hydrogens is 170 g/mol. The lowest BCUT2D eigenvalue weighted by Gasteiger charge is -2.19. The molecule has 1 rings (SSSR count). The van der Waals surface area contributed by atoms with Crippen molar-refractivity contribution in [1.82, 2.24) is 4.90 Å². The molecule has 1 heteroatoms. The Morgan fingerprint density at radius 2 is 2.00 bits per heavy atom. The minimum atomic E-state index is 1.08. The van der Waals surface area contributed by atoms with Crippen LogP contribution in [0.5, 0.6) is 0 Å². The number of rotatable bonds is 3. The number of likely N-dealkylation sites (N-methyl/N-ethyl adjacent to an activating group) is 1. The first-order chi connectivity index (χ1) is 6.83. The number of nitrogens with zero attached hydrogens (tertiary/aromatic N) is 1. The van der Waals surface area contributed by atoms with Crippen LogP contribution >= 0.6 is 0 Å². The first kappa shape index (κ1) is 11.0. The summed E-state index contributed by atoms with van der Waals surface area (Å²) in [5, 5.41) is 0. The third kappa shape index (κ3) is 4.24. The topological polar surface area (TPSA) is 3.24 Å². The summed E-state index contributed by atoms with van der Waals surface area (Å²) >= 11 is 0. The Morgan fingerprint density at radius 1 is 1.21 bits per heavy atom. The van der Waals surface area contributed by atoms with Gasteiger partial charge in [0.15, 0.2) is 0 Å². The second kappa shape index (κ2) is 6.39. The van der Waals surface area contributed by atoms with Crippen molar-refractivity contribution in [3.05, 3.63) is 48.1 Å². The smallest absolute Gasteiger partial charge is 0.0165 e. The van der Waals surface area contributed by atoms with Crippen LogP contribution in [-0.2, 0) is 0 Å². The quantitative estimate of drug-likeness (QED) is 0.617. The van der Waals surface area contributed by atoms with Crippen molar-refractivity contribution >= 4 is 0 Å². The fourth-order valence-electron chi connectivity index (χ4n) is 1.36. The molecule has 76 valence electrons. The van der Waals surface area contributed by atoms with Crippen LogP contribution in [0, 0.1) is 0 Å². The highest BCUT2D eigenvalue weighted by Gasteiger charge is 2.03. The lowest BCUT2D eigenvalue weighted by molar-refractivity contribution is 0.361. The number of hydrogen-bond acceptors (Lipinski definition) is 1. The van der Waals surface area contributed by atoms with Crippen LogP contribution in [-0.4, -0.2) is 25.0 Å². The highest BCUT2D eigenvalue weighted by atomic mass is 15.1. The molecule has 0 amide bonds. The normalized spacial score (nSPS) is 20.0. The van der Waals surface area contributed by atoms with E-state index in [-0.39, 0.29) is 0 Å². The molecule has 1 heterocycles. The van der Waals surface area contributed by atoms with Crippen LogP contribution in [0.3, 0.4) is 0 Å². The van der Waals surface area contributed by atoms with Gasteiger partial charge in [0.05, 0.1) is 0 Å². The summed E-state index contributed by atoms with van der Waals surface area (Å²) in [6.45, 7) is 4.28. The van der Waals surface area contributed by atoms with Crippen LogP contribution in [0.2, 0.25) is 0 Å². The van der Waals surface area contributed by atoms with Crippen LogP contribution in [0.25, 0.3) is 0 Å². The molecule has 1 aliphatic rings. The SMILES string of the molecule is C\C=C/C=C\C=C\C1=CCN(C)CC1. The molecule has 0 spiro atoms. The van der Waals surface area contributed by atoms with Gasteiger partial charge in [-0.15, -0.1) is 0 Å². The molecular formula is C13H19N. The Bertz CT molecular complexity index is 269. The van der Waals surface area contributed by atoms with Crippen molar-refractivity contribution in [1.29, 1.82) is 0 Å². The highest BCUT2D eigenvalue weighted by Crippen LogP contribution is 2.10. The van der Waals surface area contributed by atoms with Crippen LogP contribution in [0.1, 0.15) is 13.3 Å². The van der Waals surface area contributed by atoms with E-state index in [0.29, 0.717) is 0 Å². The van der Waals surface area contributed by atoms with Gasteiger partial charge in [0.2, 0.25) is 0 Å². The van der Waals surface area contributed by atoms with Gasteiger partial charge in [-0.2, -0.15) is 0 Å². The van der Waals surface area contributed by atoms with Crippen molar-refractivity contribution in [2.24, 2.45) is 0 Å². The number of allylic oxidation sites excluding steroid dienone is 6. The van der Waals surface area contributed by atoms with Gasteiger partial charge < -0.3 is 4.90 Å². The molecule has 0 bridgehead atoms. The average Bonchev–Trinajstić information content (AvgIpc) is 2.21. The first-order valence-corrected chi connectivity index (χ1v) is 5.16. The molecule has 0 unspecified atom stereocenters. The van der Waals surface area contributed by atoms with E-state index in [1.54, 1.807) is 0 Å². The maximum absolute atomic E-state index is 2.33. The fraction of sp³-hybridized carbons (Fsp3) is 0.385. The largest absolute Gasteiger partial charge is 0.302 e. The maximum Gasteiger partial charge on any atom is 0.0165 e. The number of hydrogen-bond donors (Lipinski definition) is 0. The molecule has 0 aromatic carbocycles. The molecule has 0 aromatic rings. The van der Waals surface area contributed by atoms with Gasteiger partial charge in [-0.3, -0.25) is 0 Å². The van der Waals surface area contributed by atoms with Gasteiger partial charge in [-0.05, 0) is 26.0 Å². The third-order valence-corrected chi connectivity index (χ3v) is 2.28. The molecule has 1 nitrogen and oxygen atoms in total. The standard InChI is InChI=1S/C13H19N/c1-3-4-5-6-7-8-13-9-11-14(2)12-10-13/h3-9H,10-12H2,1-2H3/b4-3-,6-5-,8-7+. The van der Waals surface area contributed by atoms with Gasteiger partial charge in [0.1, 0.15) is 0 Å². The van der Waals surface area contributed by atoms with E-state index in [1.807, 2.05) is 25.2 Å². The van der Waals surface area contributed by atoms with Crippen molar-refractivity contribution in [3.63, 3.8) is 0 Å². The fourth-order valence-corrected chi connectivity index (χ4v) is 1.36. The van der Waals surface area contributed by atoms with Crippen LogP contribution in [0.4, 0.5) is 0 Å². The Balaban J connectivity index is 2.37. The zero-order valence-corrected chi connectivity index (χ0v) is 9.11. The Kier molecular flexibility index (Phi) is 5.02. The molecule has 0 aromatic heterocycles. The second-order valence-electron chi connectivity index (χ2n) is 3.56. The van der Waals surface area contributed by atoms with Crippen LogP contribution < -0.4 is 0 Å². The summed E-state index contributed by atoms with van der Waals surface area (Å²) in [5.41, 5.74) is 1.45. The molecule has 0 N–H and O–H groups in total. The molecule has 0 saturated carbocycles. The predicted octanol–water partition coefficient (Wildman–Crippen LogP) is 2.94. The summed E-state index contributed by atoms with van der Waals surface area (Å²) < 4.78 is 0. The van der Waals surface area contributed by atoms with E-state index < -0.39 is 0 Å². The average molecular weight is 189 g/mol. The second-order valence-corrected chi connectivity index (χ2v) is 3.56. The van der Waals surface area contributed by atoms with E-state index in [0.717, 1.165) is 6.54 Å². The summed E-state index contributed by atoms with van der Waals surface area (Å²) in [5.74, 6) is 0. The van der Waals surface area contributed by atoms with E-state index in [1.165, 1.54) is 18.5 Å². The summed E-state index contributed by atoms with van der Waals surface area (Å²) in [7, 11) is 2.16. The lowest BCUT2D eigenvalue weighted by Crippen LogP contribution is -2.23. The van der Waals surface area contributed by atoms with Crippen molar-refractivity contribution in [2.75, 3.05) is 20.1 Å². The van der Waals surface area contributed by atoms with Crippen molar-refractivity contribution in [3.8, 4) is 0 Å². The highest BCUT2D eigenvalue weighted by molar-refractivity contribution is 5.25. The van der Waals surface area contributed by atoms with E-state index in [4.69, 9.17) is 0 Å². The van der Waals surface area contributed by atoms with Gasteiger partial charge in [-0.25, -0.2) is 0 Å². The first-order valence-electron chi connectivity index (χ1n) is 5.16.